The Balaban J connectivity index is 1.03. The summed E-state index contributed by atoms with van der Waals surface area (Å²) in [7, 11) is 0. The molecule has 12 aromatic carbocycles. The van der Waals surface area contributed by atoms with Crippen LogP contribution in [0.1, 0.15) is 66.8 Å². The predicted octanol–water partition coefficient (Wildman–Crippen LogP) is 18.8. The average Bonchev–Trinajstić information content (AvgIpc) is 3.77. The quantitative estimate of drug-likeness (QED) is 0.170. The normalized spacial score (nSPS) is 15.0. The van der Waals surface area contributed by atoms with Crippen molar-refractivity contribution in [1.82, 2.24) is 0 Å². The minimum atomic E-state index is -0.664. The van der Waals surface area contributed by atoms with Crippen LogP contribution in [0.2, 0.25) is 0 Å². The summed E-state index contributed by atoms with van der Waals surface area (Å²) in [6, 6.07) is 107. The van der Waals surface area contributed by atoms with Gasteiger partial charge in [-0.05, 0) is 126 Å². The monoisotopic (exact) mass is 1010 g/mol. The molecular weight excluding hydrogens is 963 g/mol. The van der Waals surface area contributed by atoms with Gasteiger partial charge in [0.25, 0.3) is 0 Å². The van der Waals surface area contributed by atoms with E-state index < -0.39 is 16.2 Å². The van der Waals surface area contributed by atoms with Crippen molar-refractivity contribution in [3.63, 3.8) is 0 Å². The first-order chi connectivity index (χ1) is 38.7. The molecule has 2 nitrogen and oxygen atoms in total. The van der Waals surface area contributed by atoms with E-state index >= 15 is 0 Å². The molecule has 3 aliphatic carbocycles. The molecule has 0 N–H and O–H groups in total. The highest BCUT2D eigenvalue weighted by molar-refractivity contribution is 7.99. The standard InChI is InChI=1S/C75H47NOS/c1-3-23-48(24-4-1)73(49-25-5-2-6-26-49)56-31-10-7-27-51(56)53-46-45-50(47-64(53)73)76(65-39-22-38-63-71(65)55-29-9-12-33-58(55)74(63)59-34-13-17-41-67(59)77-68-42-18-14-35-60(68)74)66-40-21-30-54-52-28-8-11-32-57(52)75(72(54)66)61-36-15-19-43-69(61)78-70-44-20-16-37-62(70)75/h1-47H. The number of hydrogen-bond donors (Lipinski definition) is 0. The summed E-state index contributed by atoms with van der Waals surface area (Å²) in [5.74, 6) is 1.76. The van der Waals surface area contributed by atoms with Gasteiger partial charge in [0.2, 0.25) is 0 Å². The summed E-state index contributed by atoms with van der Waals surface area (Å²) in [6.07, 6.45) is 0. The van der Waals surface area contributed by atoms with Crippen LogP contribution in [0.3, 0.4) is 0 Å². The number of para-hydroxylation sites is 2. The highest BCUT2D eigenvalue weighted by atomic mass is 32.2. The van der Waals surface area contributed by atoms with E-state index in [0.717, 1.165) is 39.7 Å². The largest absolute Gasteiger partial charge is 0.457 e. The molecule has 0 radical (unpaired) electrons. The van der Waals surface area contributed by atoms with E-state index in [-0.39, 0.29) is 0 Å². The van der Waals surface area contributed by atoms with Gasteiger partial charge < -0.3 is 9.64 Å². The van der Waals surface area contributed by atoms with Gasteiger partial charge in [-0.3, -0.25) is 0 Å². The minimum absolute atomic E-state index is 0.616. The first kappa shape index (κ1) is 43.8. The molecule has 0 fully saturated rings. The fourth-order valence-electron chi connectivity index (χ4n) is 15.1. The van der Waals surface area contributed by atoms with Crippen LogP contribution in [-0.4, -0.2) is 0 Å². The smallest absolute Gasteiger partial charge is 0.132 e. The zero-order valence-corrected chi connectivity index (χ0v) is 43.2. The highest BCUT2D eigenvalue weighted by Gasteiger charge is 2.55. The Kier molecular flexibility index (Phi) is 9.15. The first-order valence-corrected chi connectivity index (χ1v) is 27.9. The van der Waals surface area contributed by atoms with E-state index in [1.807, 2.05) is 11.8 Å². The number of rotatable bonds is 5. The molecule has 78 heavy (non-hydrogen) atoms. The van der Waals surface area contributed by atoms with Crippen molar-refractivity contribution in [2.24, 2.45) is 0 Å². The number of benzene rings is 12. The Morgan fingerprint density at radius 1 is 0.282 bits per heavy atom. The number of anilines is 3. The molecule has 0 aromatic heterocycles. The molecular formula is C75H47NOS. The average molecular weight is 1010 g/mol. The first-order valence-electron chi connectivity index (χ1n) is 27.1. The molecule has 0 unspecified atom stereocenters. The highest BCUT2D eigenvalue weighted by Crippen LogP contribution is 2.68. The lowest BCUT2D eigenvalue weighted by atomic mass is 9.66. The summed E-state index contributed by atoms with van der Waals surface area (Å²) in [6.45, 7) is 0. The Morgan fingerprint density at radius 2 is 0.718 bits per heavy atom. The van der Waals surface area contributed by atoms with E-state index in [1.165, 1.54) is 98.8 Å². The van der Waals surface area contributed by atoms with E-state index in [2.05, 4.69) is 290 Å². The zero-order valence-electron chi connectivity index (χ0n) is 42.4. The van der Waals surface area contributed by atoms with Crippen molar-refractivity contribution in [2.45, 2.75) is 26.0 Å². The topological polar surface area (TPSA) is 12.5 Å². The van der Waals surface area contributed by atoms with E-state index in [0.29, 0.717) is 0 Å². The fourth-order valence-corrected chi connectivity index (χ4v) is 16.3. The van der Waals surface area contributed by atoms with Gasteiger partial charge in [-0.25, -0.2) is 0 Å². The molecule has 0 saturated heterocycles. The second-order valence-electron chi connectivity index (χ2n) is 21.3. The van der Waals surface area contributed by atoms with Crippen LogP contribution >= 0.6 is 11.8 Å². The second-order valence-corrected chi connectivity index (χ2v) is 22.4. The second kappa shape index (κ2) is 16.3. The number of nitrogens with zero attached hydrogens (tertiary/aromatic N) is 1. The third-order valence-corrected chi connectivity index (χ3v) is 19.0. The van der Waals surface area contributed by atoms with Gasteiger partial charge in [-0.15, -0.1) is 0 Å². The van der Waals surface area contributed by atoms with Crippen LogP contribution in [0.25, 0.3) is 33.4 Å². The Hall–Kier alpha value is -9.41. The Bertz CT molecular complexity index is 4350. The fraction of sp³-hybridized carbons (Fsp3) is 0.0400. The number of fused-ring (bicyclic) bond motifs is 21. The van der Waals surface area contributed by atoms with Crippen LogP contribution in [0.15, 0.2) is 295 Å². The van der Waals surface area contributed by atoms with Crippen molar-refractivity contribution in [2.75, 3.05) is 4.90 Å². The number of hydrogen-bond acceptors (Lipinski definition) is 3. The van der Waals surface area contributed by atoms with Gasteiger partial charge >= 0.3 is 0 Å². The van der Waals surface area contributed by atoms with Crippen molar-refractivity contribution < 1.29 is 4.74 Å². The molecule has 12 aromatic rings. The molecule has 0 amide bonds. The molecule has 0 atom stereocenters. The molecule has 3 heteroatoms. The molecule has 5 aliphatic rings. The third-order valence-electron chi connectivity index (χ3n) is 17.9. The summed E-state index contributed by atoms with van der Waals surface area (Å²) < 4.78 is 6.86. The van der Waals surface area contributed by atoms with Gasteiger partial charge in [-0.1, -0.05) is 248 Å². The van der Waals surface area contributed by atoms with Crippen LogP contribution in [0.5, 0.6) is 11.5 Å². The summed E-state index contributed by atoms with van der Waals surface area (Å²) in [5, 5.41) is 0. The van der Waals surface area contributed by atoms with E-state index in [4.69, 9.17) is 4.74 Å². The molecule has 2 spiro atoms. The molecule has 0 bridgehead atoms. The Morgan fingerprint density at radius 3 is 1.35 bits per heavy atom. The predicted molar refractivity (Wildman–Crippen MR) is 317 cm³/mol. The molecule has 17 rings (SSSR count). The van der Waals surface area contributed by atoms with Gasteiger partial charge in [0.05, 0.1) is 27.6 Å². The van der Waals surface area contributed by atoms with Crippen molar-refractivity contribution in [1.29, 1.82) is 0 Å². The number of ether oxygens (including phenoxy) is 1. The lowest BCUT2D eigenvalue weighted by molar-refractivity contribution is 0.436. The van der Waals surface area contributed by atoms with E-state index in [9.17, 15) is 0 Å². The molecule has 2 heterocycles. The van der Waals surface area contributed by atoms with Crippen molar-refractivity contribution in [3.05, 3.63) is 352 Å². The van der Waals surface area contributed by atoms with Crippen LogP contribution in [0, 0.1) is 0 Å². The lowest BCUT2D eigenvalue weighted by Crippen LogP contribution is -2.33. The summed E-state index contributed by atoms with van der Waals surface area (Å²) >= 11 is 1.89. The van der Waals surface area contributed by atoms with Gasteiger partial charge in [0.15, 0.2) is 0 Å². The van der Waals surface area contributed by atoms with Crippen LogP contribution < -0.4 is 9.64 Å². The minimum Gasteiger partial charge on any atom is -0.457 e. The van der Waals surface area contributed by atoms with Crippen molar-refractivity contribution >= 4 is 28.8 Å². The molecule has 2 aliphatic heterocycles. The van der Waals surface area contributed by atoms with Crippen LogP contribution in [-0.2, 0) is 16.2 Å². The van der Waals surface area contributed by atoms with Gasteiger partial charge in [0, 0.05) is 37.7 Å². The van der Waals surface area contributed by atoms with Gasteiger partial charge in [-0.2, -0.15) is 0 Å². The molecule has 0 saturated carbocycles. The SMILES string of the molecule is c1ccc(C2(c3ccccc3)c3ccccc3-c3ccc(N(c4cccc5c4-c4ccccc4C54c5ccccc5Oc5ccccc54)c4cccc5c4C4(c6ccccc6Sc6ccccc64)c4ccccc4-5)cc32)cc1. The zero-order chi connectivity index (χ0) is 51.2. The maximum atomic E-state index is 6.86. The molecule has 364 valence electrons. The van der Waals surface area contributed by atoms with Gasteiger partial charge in [0.1, 0.15) is 11.5 Å². The summed E-state index contributed by atoms with van der Waals surface area (Å²) in [4.78, 5) is 5.22. The lowest BCUT2D eigenvalue weighted by Gasteiger charge is -2.42. The van der Waals surface area contributed by atoms with E-state index in [1.54, 1.807) is 0 Å². The Labute approximate surface area is 458 Å². The van der Waals surface area contributed by atoms with Crippen LogP contribution in [0.4, 0.5) is 17.1 Å². The van der Waals surface area contributed by atoms with Crippen molar-refractivity contribution in [3.8, 4) is 44.9 Å². The summed E-state index contributed by atoms with van der Waals surface area (Å²) in [5.41, 5.74) is 23.9. The third kappa shape index (κ3) is 5.48. The maximum absolute atomic E-state index is 6.86. The maximum Gasteiger partial charge on any atom is 0.132 e.